The Morgan fingerprint density at radius 2 is 2.07 bits per heavy atom. The Labute approximate surface area is 166 Å². The average molecular weight is 394 g/mol. The molecule has 2 rings (SSSR count). The van der Waals surface area contributed by atoms with E-state index in [0.29, 0.717) is 22.9 Å². The van der Waals surface area contributed by atoms with Gasteiger partial charge in [0.25, 0.3) is 11.6 Å². The summed E-state index contributed by atoms with van der Waals surface area (Å²) in [6.07, 6.45) is 3.73. The highest BCUT2D eigenvalue weighted by Gasteiger charge is 2.27. The number of thioether (sulfide) groups is 1. The van der Waals surface area contributed by atoms with Gasteiger partial charge >= 0.3 is 0 Å². The Balaban J connectivity index is 2.20. The second-order valence-electron chi connectivity index (χ2n) is 7.45. The molecule has 1 aromatic carbocycles. The van der Waals surface area contributed by atoms with E-state index in [0.717, 1.165) is 44.5 Å². The first-order chi connectivity index (χ1) is 12.9. The minimum absolute atomic E-state index is 0.0383. The topological polar surface area (TPSA) is 75.5 Å². The third-order valence-corrected chi connectivity index (χ3v) is 5.93. The van der Waals surface area contributed by atoms with E-state index in [-0.39, 0.29) is 22.6 Å². The zero-order valence-electron chi connectivity index (χ0n) is 16.6. The van der Waals surface area contributed by atoms with Crippen molar-refractivity contribution >= 4 is 23.4 Å². The van der Waals surface area contributed by atoms with Gasteiger partial charge in [0.15, 0.2) is 0 Å². The molecule has 1 aromatic rings. The standard InChI is InChI=1S/C20H31N3O3S/c1-4-12-22(17-7-10-21-11-8-17)20(24)16-5-6-19(18(14-16)23(25)26)27-13-9-15(2)3/h5-6,14-15,17,21H,4,7-13H2,1-3H3. The third kappa shape index (κ3) is 6.21. The molecule has 1 aliphatic rings. The number of nitro groups is 1. The number of benzene rings is 1. The summed E-state index contributed by atoms with van der Waals surface area (Å²) in [4.78, 5) is 26.8. The second kappa shape index (κ2) is 10.7. The number of hydrogen-bond acceptors (Lipinski definition) is 5. The van der Waals surface area contributed by atoms with E-state index < -0.39 is 0 Å². The lowest BCUT2D eigenvalue weighted by molar-refractivity contribution is -0.387. The molecule has 1 saturated heterocycles. The minimum atomic E-state index is -0.372. The minimum Gasteiger partial charge on any atom is -0.336 e. The van der Waals surface area contributed by atoms with Gasteiger partial charge in [0.2, 0.25) is 0 Å². The molecule has 1 N–H and O–H groups in total. The van der Waals surface area contributed by atoms with Crippen LogP contribution in [0.15, 0.2) is 23.1 Å². The van der Waals surface area contributed by atoms with Gasteiger partial charge in [0.1, 0.15) is 0 Å². The van der Waals surface area contributed by atoms with Crippen molar-refractivity contribution in [1.29, 1.82) is 0 Å². The first kappa shape index (κ1) is 21.7. The number of carbonyl (C=O) groups excluding carboxylic acids is 1. The summed E-state index contributed by atoms with van der Waals surface area (Å²) in [5.74, 6) is 1.30. The highest BCUT2D eigenvalue weighted by Crippen LogP contribution is 2.32. The fourth-order valence-corrected chi connectivity index (χ4v) is 4.55. The predicted octanol–water partition coefficient (Wildman–Crippen LogP) is 4.34. The van der Waals surface area contributed by atoms with Gasteiger partial charge in [-0.2, -0.15) is 0 Å². The summed E-state index contributed by atoms with van der Waals surface area (Å²) in [7, 11) is 0. The molecule has 0 atom stereocenters. The molecule has 1 heterocycles. The van der Waals surface area contributed by atoms with Gasteiger partial charge < -0.3 is 10.2 Å². The quantitative estimate of drug-likeness (QED) is 0.384. The molecule has 0 bridgehead atoms. The zero-order chi connectivity index (χ0) is 19.8. The van der Waals surface area contributed by atoms with Crippen LogP contribution in [-0.4, -0.2) is 47.2 Å². The number of amides is 1. The smallest absolute Gasteiger partial charge is 0.283 e. The maximum absolute atomic E-state index is 13.1. The SMILES string of the molecule is CCCN(C(=O)c1ccc(SCCC(C)C)c([N+](=O)[O-])c1)C1CCNCC1. The number of nitrogens with one attached hydrogen (secondary N) is 1. The molecule has 27 heavy (non-hydrogen) atoms. The molecule has 7 heteroatoms. The third-order valence-electron chi connectivity index (χ3n) is 4.83. The molecule has 0 radical (unpaired) electrons. The Hall–Kier alpha value is -1.60. The summed E-state index contributed by atoms with van der Waals surface area (Å²) in [5.41, 5.74) is 0.457. The summed E-state index contributed by atoms with van der Waals surface area (Å²) in [5, 5.41) is 14.9. The first-order valence-electron chi connectivity index (χ1n) is 9.87. The molecular weight excluding hydrogens is 362 g/mol. The van der Waals surface area contributed by atoms with Crippen molar-refractivity contribution in [2.24, 2.45) is 5.92 Å². The van der Waals surface area contributed by atoms with Crippen LogP contribution in [0.3, 0.4) is 0 Å². The lowest BCUT2D eigenvalue weighted by Gasteiger charge is -2.34. The van der Waals surface area contributed by atoms with Crippen molar-refractivity contribution in [1.82, 2.24) is 10.2 Å². The highest BCUT2D eigenvalue weighted by atomic mass is 32.2. The van der Waals surface area contributed by atoms with Crippen molar-refractivity contribution < 1.29 is 9.72 Å². The van der Waals surface area contributed by atoms with E-state index in [4.69, 9.17) is 0 Å². The van der Waals surface area contributed by atoms with E-state index in [2.05, 4.69) is 26.1 Å². The Morgan fingerprint density at radius 1 is 1.37 bits per heavy atom. The van der Waals surface area contributed by atoms with Gasteiger partial charge in [-0.05, 0) is 62.6 Å². The molecule has 0 spiro atoms. The molecule has 150 valence electrons. The Morgan fingerprint density at radius 3 is 2.67 bits per heavy atom. The lowest BCUT2D eigenvalue weighted by Crippen LogP contribution is -2.46. The summed E-state index contributed by atoms with van der Waals surface area (Å²) < 4.78 is 0. The molecule has 1 fully saturated rings. The van der Waals surface area contributed by atoms with E-state index in [1.54, 1.807) is 12.1 Å². The van der Waals surface area contributed by atoms with Crippen LogP contribution in [0.5, 0.6) is 0 Å². The Kier molecular flexibility index (Phi) is 8.57. The lowest BCUT2D eigenvalue weighted by atomic mass is 10.0. The molecule has 6 nitrogen and oxygen atoms in total. The molecule has 1 amide bonds. The molecule has 1 aliphatic heterocycles. The van der Waals surface area contributed by atoms with Crippen molar-refractivity contribution in [3.63, 3.8) is 0 Å². The van der Waals surface area contributed by atoms with E-state index >= 15 is 0 Å². The maximum Gasteiger partial charge on any atom is 0.283 e. The van der Waals surface area contributed by atoms with Crippen LogP contribution in [0.2, 0.25) is 0 Å². The van der Waals surface area contributed by atoms with Crippen molar-refractivity contribution in [3.05, 3.63) is 33.9 Å². The monoisotopic (exact) mass is 393 g/mol. The Bertz CT molecular complexity index is 645. The maximum atomic E-state index is 13.1. The number of rotatable bonds is 9. The number of carbonyl (C=O) groups is 1. The summed E-state index contributed by atoms with van der Waals surface area (Å²) >= 11 is 1.50. The van der Waals surface area contributed by atoms with Crippen LogP contribution in [0.25, 0.3) is 0 Å². The number of piperidine rings is 1. The van der Waals surface area contributed by atoms with Crippen molar-refractivity contribution in [2.75, 3.05) is 25.4 Å². The fraction of sp³-hybridized carbons (Fsp3) is 0.650. The highest BCUT2D eigenvalue weighted by molar-refractivity contribution is 7.99. The summed E-state index contributed by atoms with van der Waals surface area (Å²) in [6.45, 7) is 8.83. The van der Waals surface area contributed by atoms with Crippen LogP contribution in [0.4, 0.5) is 5.69 Å². The first-order valence-corrected chi connectivity index (χ1v) is 10.9. The number of hydrogen-bond donors (Lipinski definition) is 1. The van der Waals surface area contributed by atoms with Crippen LogP contribution in [-0.2, 0) is 0 Å². The normalized spacial score (nSPS) is 15.1. The average Bonchev–Trinajstić information content (AvgIpc) is 2.66. The van der Waals surface area contributed by atoms with Crippen molar-refractivity contribution in [2.45, 2.75) is 57.4 Å². The molecule has 0 saturated carbocycles. The van der Waals surface area contributed by atoms with E-state index in [1.807, 2.05) is 4.90 Å². The van der Waals surface area contributed by atoms with Gasteiger partial charge in [-0.1, -0.05) is 20.8 Å². The molecular formula is C20H31N3O3S. The van der Waals surface area contributed by atoms with Gasteiger partial charge in [0.05, 0.1) is 9.82 Å². The van der Waals surface area contributed by atoms with Crippen LogP contribution >= 0.6 is 11.8 Å². The van der Waals surface area contributed by atoms with Crippen LogP contribution in [0.1, 0.15) is 56.8 Å². The zero-order valence-corrected chi connectivity index (χ0v) is 17.4. The van der Waals surface area contributed by atoms with Crippen molar-refractivity contribution in [3.8, 4) is 0 Å². The van der Waals surface area contributed by atoms with E-state index in [9.17, 15) is 14.9 Å². The number of nitro benzene ring substituents is 1. The van der Waals surface area contributed by atoms with Gasteiger partial charge in [-0.15, -0.1) is 11.8 Å². The van der Waals surface area contributed by atoms with Crippen LogP contribution < -0.4 is 5.32 Å². The van der Waals surface area contributed by atoms with E-state index in [1.165, 1.54) is 17.8 Å². The van der Waals surface area contributed by atoms with Gasteiger partial charge in [0, 0.05) is 24.2 Å². The van der Waals surface area contributed by atoms with Crippen LogP contribution in [0, 0.1) is 16.0 Å². The molecule has 0 aromatic heterocycles. The molecule has 0 unspecified atom stereocenters. The second-order valence-corrected chi connectivity index (χ2v) is 8.59. The van der Waals surface area contributed by atoms with Gasteiger partial charge in [-0.25, -0.2) is 0 Å². The largest absolute Gasteiger partial charge is 0.336 e. The number of nitrogens with zero attached hydrogens (tertiary/aromatic N) is 2. The fourth-order valence-electron chi connectivity index (χ4n) is 3.29. The van der Waals surface area contributed by atoms with Gasteiger partial charge in [-0.3, -0.25) is 14.9 Å². The molecule has 0 aliphatic carbocycles. The summed E-state index contributed by atoms with van der Waals surface area (Å²) in [6, 6.07) is 5.15. The predicted molar refractivity (Wildman–Crippen MR) is 110 cm³/mol.